The molecule has 0 radical (unpaired) electrons. The Morgan fingerprint density at radius 2 is 2.08 bits per heavy atom. The fraction of sp³-hybridized carbons (Fsp3) is 1.00. The number of rotatable bonds is 9. The quantitative estimate of drug-likeness (QED) is 0.388. The van der Waals surface area contributed by atoms with Crippen LogP contribution in [0.2, 0.25) is 0 Å². The van der Waals surface area contributed by atoms with Gasteiger partial charge in [0.15, 0.2) is 6.29 Å². The maximum absolute atomic E-state index is 5.40. The molecule has 0 bridgehead atoms. The fourth-order valence-corrected chi connectivity index (χ4v) is 1.22. The van der Waals surface area contributed by atoms with Crippen LogP contribution in [0.5, 0.6) is 0 Å². The molecular weight excluding hydrogens is 234 g/mol. The van der Waals surface area contributed by atoms with Gasteiger partial charge < -0.3 is 9.47 Å². The lowest BCUT2D eigenvalue weighted by atomic mass is 10.3. The van der Waals surface area contributed by atoms with Crippen molar-refractivity contribution in [3.8, 4) is 0 Å². The van der Waals surface area contributed by atoms with E-state index in [9.17, 15) is 0 Å². The lowest BCUT2D eigenvalue weighted by Crippen LogP contribution is -2.27. The Balaban J connectivity index is 3.17. The van der Waals surface area contributed by atoms with E-state index in [4.69, 9.17) is 9.47 Å². The van der Waals surface area contributed by atoms with Gasteiger partial charge in [-0.2, -0.15) is 0 Å². The van der Waals surface area contributed by atoms with Crippen molar-refractivity contribution in [3.63, 3.8) is 0 Å². The SMILES string of the molecule is CCCCNCOC(CBr)OCC. The van der Waals surface area contributed by atoms with Crippen LogP contribution in [0.15, 0.2) is 0 Å². The van der Waals surface area contributed by atoms with Crippen LogP contribution in [0.4, 0.5) is 0 Å². The van der Waals surface area contributed by atoms with E-state index in [0.29, 0.717) is 13.3 Å². The molecule has 3 nitrogen and oxygen atoms in total. The first-order valence-electron chi connectivity index (χ1n) is 4.85. The molecule has 1 unspecified atom stereocenters. The highest BCUT2D eigenvalue weighted by atomic mass is 79.9. The highest BCUT2D eigenvalue weighted by molar-refractivity contribution is 9.09. The Labute approximate surface area is 89.3 Å². The summed E-state index contributed by atoms with van der Waals surface area (Å²) in [4.78, 5) is 0. The first-order valence-corrected chi connectivity index (χ1v) is 5.97. The summed E-state index contributed by atoms with van der Waals surface area (Å²) >= 11 is 3.32. The summed E-state index contributed by atoms with van der Waals surface area (Å²) in [6.07, 6.45) is 2.27. The van der Waals surface area contributed by atoms with Crippen LogP contribution in [0.1, 0.15) is 26.7 Å². The van der Waals surface area contributed by atoms with Crippen LogP contribution >= 0.6 is 15.9 Å². The van der Waals surface area contributed by atoms with Crippen molar-refractivity contribution in [2.24, 2.45) is 0 Å². The van der Waals surface area contributed by atoms with Crippen LogP contribution in [0.25, 0.3) is 0 Å². The van der Waals surface area contributed by atoms with Gasteiger partial charge in [0.2, 0.25) is 0 Å². The Bertz CT molecular complexity index is 104. The summed E-state index contributed by atoms with van der Waals surface area (Å²) in [7, 11) is 0. The molecule has 4 heteroatoms. The molecule has 0 rings (SSSR count). The van der Waals surface area contributed by atoms with Crippen molar-refractivity contribution in [3.05, 3.63) is 0 Å². The number of hydrogen-bond acceptors (Lipinski definition) is 3. The van der Waals surface area contributed by atoms with E-state index in [1.807, 2.05) is 6.92 Å². The molecule has 0 aliphatic carbocycles. The maximum atomic E-state index is 5.40. The van der Waals surface area contributed by atoms with Crippen molar-refractivity contribution >= 4 is 15.9 Å². The molecule has 0 spiro atoms. The minimum Gasteiger partial charge on any atom is -0.352 e. The van der Waals surface area contributed by atoms with Gasteiger partial charge in [-0.15, -0.1) is 0 Å². The van der Waals surface area contributed by atoms with Crippen molar-refractivity contribution in [2.45, 2.75) is 33.0 Å². The van der Waals surface area contributed by atoms with Gasteiger partial charge >= 0.3 is 0 Å². The molecule has 0 saturated heterocycles. The summed E-state index contributed by atoms with van der Waals surface area (Å²) in [6.45, 7) is 6.40. The van der Waals surface area contributed by atoms with Crippen molar-refractivity contribution in [1.82, 2.24) is 5.32 Å². The largest absolute Gasteiger partial charge is 0.352 e. The van der Waals surface area contributed by atoms with Crippen LogP contribution < -0.4 is 5.32 Å². The van der Waals surface area contributed by atoms with Gasteiger partial charge in [0.1, 0.15) is 0 Å². The minimum atomic E-state index is -0.126. The van der Waals surface area contributed by atoms with Gasteiger partial charge in [0.25, 0.3) is 0 Å². The third-order valence-electron chi connectivity index (χ3n) is 1.56. The predicted octanol–water partition coefficient (Wildman–Crippen LogP) is 2.11. The first kappa shape index (κ1) is 13.4. The highest BCUT2D eigenvalue weighted by Crippen LogP contribution is 1.98. The lowest BCUT2D eigenvalue weighted by Gasteiger charge is -2.15. The molecule has 0 aromatic carbocycles. The van der Waals surface area contributed by atoms with Gasteiger partial charge in [0, 0.05) is 6.61 Å². The van der Waals surface area contributed by atoms with E-state index in [0.717, 1.165) is 11.9 Å². The Hall–Kier alpha value is 0.360. The molecule has 13 heavy (non-hydrogen) atoms. The average molecular weight is 254 g/mol. The van der Waals surface area contributed by atoms with E-state index in [1.165, 1.54) is 12.8 Å². The van der Waals surface area contributed by atoms with Crippen LogP contribution in [-0.2, 0) is 9.47 Å². The minimum absolute atomic E-state index is 0.126. The predicted molar refractivity (Wildman–Crippen MR) is 58.1 cm³/mol. The Morgan fingerprint density at radius 1 is 1.31 bits per heavy atom. The zero-order chi connectivity index (χ0) is 9.94. The molecule has 0 fully saturated rings. The van der Waals surface area contributed by atoms with Crippen molar-refractivity contribution in [2.75, 3.05) is 25.2 Å². The van der Waals surface area contributed by atoms with Gasteiger partial charge in [0.05, 0.1) is 12.1 Å². The zero-order valence-electron chi connectivity index (χ0n) is 8.51. The first-order chi connectivity index (χ1) is 6.35. The van der Waals surface area contributed by atoms with Gasteiger partial charge in [-0.1, -0.05) is 29.3 Å². The van der Waals surface area contributed by atoms with Crippen molar-refractivity contribution < 1.29 is 9.47 Å². The molecule has 1 atom stereocenters. The third kappa shape index (κ3) is 8.68. The molecule has 1 N–H and O–H groups in total. The molecule has 0 aliphatic rings. The highest BCUT2D eigenvalue weighted by Gasteiger charge is 2.04. The summed E-state index contributed by atoms with van der Waals surface area (Å²) in [5.41, 5.74) is 0. The standard InChI is InChI=1S/C9H20BrNO2/c1-3-5-6-11-8-13-9(7-10)12-4-2/h9,11H,3-8H2,1-2H3. The van der Waals surface area contributed by atoms with Gasteiger partial charge in [-0.3, -0.25) is 5.32 Å². The summed E-state index contributed by atoms with van der Waals surface area (Å²) in [5, 5.41) is 3.91. The number of unbranched alkanes of at least 4 members (excludes halogenated alkanes) is 1. The topological polar surface area (TPSA) is 30.5 Å². The van der Waals surface area contributed by atoms with Crippen molar-refractivity contribution in [1.29, 1.82) is 0 Å². The van der Waals surface area contributed by atoms with Gasteiger partial charge in [-0.05, 0) is 19.9 Å². The second-order valence-electron chi connectivity index (χ2n) is 2.70. The molecule has 0 aromatic rings. The molecule has 0 amide bonds. The molecule has 80 valence electrons. The van der Waals surface area contributed by atoms with E-state index >= 15 is 0 Å². The van der Waals surface area contributed by atoms with E-state index < -0.39 is 0 Å². The molecule has 0 aliphatic heterocycles. The second-order valence-corrected chi connectivity index (χ2v) is 3.35. The lowest BCUT2D eigenvalue weighted by molar-refractivity contribution is -0.127. The van der Waals surface area contributed by atoms with E-state index in [2.05, 4.69) is 28.2 Å². The fourth-order valence-electron chi connectivity index (χ4n) is 0.849. The monoisotopic (exact) mass is 253 g/mol. The molecule has 0 heterocycles. The molecule has 0 saturated carbocycles. The second kappa shape index (κ2) is 10.4. The van der Waals surface area contributed by atoms with Crippen LogP contribution in [0, 0.1) is 0 Å². The van der Waals surface area contributed by atoms with E-state index in [1.54, 1.807) is 0 Å². The van der Waals surface area contributed by atoms with Gasteiger partial charge in [-0.25, -0.2) is 0 Å². The molecule has 0 aromatic heterocycles. The zero-order valence-corrected chi connectivity index (χ0v) is 10.1. The third-order valence-corrected chi connectivity index (χ3v) is 2.09. The summed E-state index contributed by atoms with van der Waals surface area (Å²) < 4.78 is 10.7. The summed E-state index contributed by atoms with van der Waals surface area (Å²) in [5.74, 6) is 0. The molecular formula is C9H20BrNO2. The van der Waals surface area contributed by atoms with E-state index in [-0.39, 0.29) is 6.29 Å². The normalized spacial score (nSPS) is 13.2. The maximum Gasteiger partial charge on any atom is 0.168 e. The summed E-state index contributed by atoms with van der Waals surface area (Å²) in [6, 6.07) is 0. The number of ether oxygens (including phenoxy) is 2. The number of nitrogens with one attached hydrogen (secondary N) is 1. The number of hydrogen-bond donors (Lipinski definition) is 1. The number of alkyl halides is 1. The Morgan fingerprint density at radius 3 is 2.62 bits per heavy atom. The average Bonchev–Trinajstić information content (AvgIpc) is 2.16. The Kier molecular flexibility index (Phi) is 10.7. The number of halogens is 1. The van der Waals surface area contributed by atoms with Crippen LogP contribution in [0.3, 0.4) is 0 Å². The van der Waals surface area contributed by atoms with Crippen LogP contribution in [-0.4, -0.2) is 31.5 Å². The smallest absolute Gasteiger partial charge is 0.168 e.